The maximum absolute atomic E-state index is 11.3. The van der Waals surface area contributed by atoms with Gasteiger partial charge in [-0.3, -0.25) is 0 Å². The van der Waals surface area contributed by atoms with Crippen LogP contribution >= 0.6 is 22.9 Å². The topological polar surface area (TPSA) is 105 Å². The second-order valence-electron chi connectivity index (χ2n) is 5.89. The molecule has 1 aliphatic rings. The number of hydrogen-bond acceptors (Lipinski definition) is 5. The molecule has 1 aromatic heterocycles. The lowest BCUT2D eigenvalue weighted by Gasteiger charge is -2.36. The van der Waals surface area contributed by atoms with Gasteiger partial charge in [0.05, 0.1) is 6.54 Å². The number of nitrogens with two attached hydrogens (primary N) is 2. The molecule has 0 spiro atoms. The SMILES string of the molecule is NC(=NCc1ccc(S(N)(=O)=O)s1)N1CCN(c2ccc(Cl)cc2)CC1. The number of sulfonamides is 1. The molecule has 1 saturated heterocycles. The Morgan fingerprint density at radius 2 is 1.77 bits per heavy atom. The highest BCUT2D eigenvalue weighted by molar-refractivity contribution is 7.91. The number of hydrogen-bond donors (Lipinski definition) is 2. The molecule has 2 heterocycles. The van der Waals surface area contributed by atoms with Crippen LogP contribution < -0.4 is 15.8 Å². The number of piperazine rings is 1. The van der Waals surface area contributed by atoms with E-state index in [1.807, 2.05) is 29.2 Å². The quantitative estimate of drug-likeness (QED) is 0.586. The van der Waals surface area contributed by atoms with E-state index in [0.29, 0.717) is 12.5 Å². The zero-order valence-corrected chi connectivity index (χ0v) is 16.4. The van der Waals surface area contributed by atoms with Crippen LogP contribution in [-0.4, -0.2) is 45.5 Å². The van der Waals surface area contributed by atoms with Crippen LogP contribution in [-0.2, 0) is 16.6 Å². The number of aliphatic imine (C=N–C) groups is 1. The number of anilines is 1. The first kappa shape index (κ1) is 19.0. The molecule has 0 radical (unpaired) electrons. The van der Waals surface area contributed by atoms with E-state index in [1.165, 1.54) is 6.07 Å². The summed E-state index contributed by atoms with van der Waals surface area (Å²) in [7, 11) is -3.66. The van der Waals surface area contributed by atoms with Crippen LogP contribution in [0.1, 0.15) is 4.88 Å². The smallest absolute Gasteiger partial charge is 0.247 e. The van der Waals surface area contributed by atoms with E-state index in [9.17, 15) is 8.42 Å². The lowest BCUT2D eigenvalue weighted by Crippen LogP contribution is -2.51. The van der Waals surface area contributed by atoms with Crippen molar-refractivity contribution in [3.8, 4) is 0 Å². The van der Waals surface area contributed by atoms with Gasteiger partial charge in [-0.25, -0.2) is 18.5 Å². The number of nitrogens with zero attached hydrogens (tertiary/aromatic N) is 3. The fourth-order valence-corrected chi connectivity index (χ4v) is 4.53. The fourth-order valence-electron chi connectivity index (χ4n) is 2.70. The molecule has 1 aliphatic heterocycles. The molecule has 7 nitrogen and oxygen atoms in total. The lowest BCUT2D eigenvalue weighted by atomic mass is 10.2. The molecule has 3 rings (SSSR count). The summed E-state index contributed by atoms with van der Waals surface area (Å²) in [5, 5.41) is 5.84. The molecular weight excluding hydrogens is 394 g/mol. The lowest BCUT2D eigenvalue weighted by molar-refractivity contribution is 0.381. The minimum atomic E-state index is -3.66. The van der Waals surface area contributed by atoms with Crippen molar-refractivity contribution < 1.29 is 8.42 Å². The van der Waals surface area contributed by atoms with Crippen molar-refractivity contribution in [3.05, 3.63) is 46.3 Å². The largest absolute Gasteiger partial charge is 0.370 e. The first-order valence-electron chi connectivity index (χ1n) is 8.00. The van der Waals surface area contributed by atoms with Crippen LogP contribution in [0.3, 0.4) is 0 Å². The van der Waals surface area contributed by atoms with Crippen molar-refractivity contribution >= 4 is 44.6 Å². The Bertz CT molecular complexity index is 888. The molecule has 0 atom stereocenters. The fraction of sp³-hybridized carbons (Fsp3) is 0.312. The number of primary sulfonamides is 1. The molecule has 26 heavy (non-hydrogen) atoms. The first-order chi connectivity index (χ1) is 12.3. The van der Waals surface area contributed by atoms with Gasteiger partial charge in [-0.2, -0.15) is 0 Å². The number of thiophene rings is 1. The van der Waals surface area contributed by atoms with Crippen LogP contribution in [0.2, 0.25) is 5.02 Å². The summed E-state index contributed by atoms with van der Waals surface area (Å²) in [5.41, 5.74) is 7.23. The van der Waals surface area contributed by atoms with E-state index in [0.717, 1.165) is 53.1 Å². The molecule has 0 amide bonds. The number of halogens is 1. The van der Waals surface area contributed by atoms with Crippen LogP contribution in [0.4, 0.5) is 5.69 Å². The highest BCUT2D eigenvalue weighted by atomic mass is 35.5. The minimum Gasteiger partial charge on any atom is -0.370 e. The Balaban J connectivity index is 1.56. The third-order valence-corrected chi connectivity index (χ3v) is 6.87. The van der Waals surface area contributed by atoms with Gasteiger partial charge < -0.3 is 15.5 Å². The zero-order valence-electron chi connectivity index (χ0n) is 14.0. The summed E-state index contributed by atoms with van der Waals surface area (Å²) >= 11 is 7.04. The third-order valence-electron chi connectivity index (χ3n) is 4.11. The second kappa shape index (κ2) is 7.83. The Labute approximate surface area is 161 Å². The minimum absolute atomic E-state index is 0.137. The number of rotatable bonds is 4. The van der Waals surface area contributed by atoms with Crippen LogP contribution in [0.15, 0.2) is 45.6 Å². The number of benzene rings is 1. The molecule has 0 unspecified atom stereocenters. The standard InChI is InChI=1S/C16H20ClN5O2S2/c17-12-1-3-13(4-2-12)21-7-9-22(10-8-21)16(18)20-11-14-5-6-15(25-14)26(19,23)24/h1-6H,7-11H2,(H2,18,20)(H2,19,23,24). The van der Waals surface area contributed by atoms with E-state index in [1.54, 1.807) is 6.07 Å². The Morgan fingerprint density at radius 3 is 2.35 bits per heavy atom. The molecule has 0 bridgehead atoms. The van der Waals surface area contributed by atoms with Crippen molar-refractivity contribution in [2.24, 2.45) is 15.9 Å². The number of guanidine groups is 1. The van der Waals surface area contributed by atoms with Crippen molar-refractivity contribution in [1.29, 1.82) is 0 Å². The van der Waals surface area contributed by atoms with Gasteiger partial charge in [0.2, 0.25) is 10.0 Å². The van der Waals surface area contributed by atoms with Gasteiger partial charge >= 0.3 is 0 Å². The average Bonchev–Trinajstić information content (AvgIpc) is 3.10. The molecular formula is C16H20ClN5O2S2. The van der Waals surface area contributed by atoms with Crippen LogP contribution in [0.25, 0.3) is 0 Å². The molecule has 0 aliphatic carbocycles. The van der Waals surface area contributed by atoms with Gasteiger partial charge in [-0.15, -0.1) is 11.3 Å². The van der Waals surface area contributed by atoms with E-state index in [2.05, 4.69) is 9.89 Å². The van der Waals surface area contributed by atoms with Gasteiger partial charge in [-0.1, -0.05) is 11.6 Å². The van der Waals surface area contributed by atoms with Gasteiger partial charge in [0.15, 0.2) is 5.96 Å². The molecule has 10 heteroatoms. The maximum atomic E-state index is 11.3. The van der Waals surface area contributed by atoms with Gasteiger partial charge in [0.1, 0.15) is 4.21 Å². The summed E-state index contributed by atoms with van der Waals surface area (Å²) in [6.07, 6.45) is 0. The normalized spacial score (nSPS) is 16.2. The van der Waals surface area contributed by atoms with Crippen LogP contribution in [0.5, 0.6) is 0 Å². The monoisotopic (exact) mass is 413 g/mol. The van der Waals surface area contributed by atoms with Crippen LogP contribution in [0, 0.1) is 0 Å². The first-order valence-corrected chi connectivity index (χ1v) is 10.7. The van der Waals surface area contributed by atoms with Crippen molar-refractivity contribution in [1.82, 2.24) is 4.90 Å². The molecule has 140 valence electrons. The summed E-state index contributed by atoms with van der Waals surface area (Å²) in [4.78, 5) is 9.49. The van der Waals surface area contributed by atoms with E-state index >= 15 is 0 Å². The molecule has 4 N–H and O–H groups in total. The highest BCUT2D eigenvalue weighted by Crippen LogP contribution is 2.21. The Kier molecular flexibility index (Phi) is 5.71. The van der Waals surface area contributed by atoms with E-state index in [-0.39, 0.29) is 4.21 Å². The molecule has 1 aromatic carbocycles. The highest BCUT2D eigenvalue weighted by Gasteiger charge is 2.18. The Morgan fingerprint density at radius 1 is 1.12 bits per heavy atom. The molecule has 0 saturated carbocycles. The maximum Gasteiger partial charge on any atom is 0.247 e. The van der Waals surface area contributed by atoms with Crippen molar-refractivity contribution in [2.75, 3.05) is 31.1 Å². The third kappa shape index (κ3) is 4.67. The van der Waals surface area contributed by atoms with E-state index < -0.39 is 10.0 Å². The van der Waals surface area contributed by atoms with Crippen molar-refractivity contribution in [2.45, 2.75) is 10.8 Å². The average molecular weight is 414 g/mol. The second-order valence-corrected chi connectivity index (χ2v) is 9.28. The van der Waals surface area contributed by atoms with Gasteiger partial charge in [-0.05, 0) is 36.4 Å². The summed E-state index contributed by atoms with van der Waals surface area (Å²) in [6.45, 7) is 3.55. The summed E-state index contributed by atoms with van der Waals surface area (Å²) < 4.78 is 22.7. The Hall–Kier alpha value is -1.81. The van der Waals surface area contributed by atoms with Gasteiger partial charge in [0, 0.05) is 41.8 Å². The van der Waals surface area contributed by atoms with E-state index in [4.69, 9.17) is 22.5 Å². The predicted molar refractivity (Wildman–Crippen MR) is 106 cm³/mol. The predicted octanol–water partition coefficient (Wildman–Crippen LogP) is 1.69. The molecule has 2 aromatic rings. The zero-order chi connectivity index (χ0) is 18.7. The van der Waals surface area contributed by atoms with Gasteiger partial charge in [0.25, 0.3) is 0 Å². The van der Waals surface area contributed by atoms with Crippen molar-refractivity contribution in [3.63, 3.8) is 0 Å². The summed E-state index contributed by atoms with van der Waals surface area (Å²) in [6, 6.07) is 11.0. The summed E-state index contributed by atoms with van der Waals surface area (Å²) in [5.74, 6) is 0.464. The molecule has 1 fully saturated rings.